The topological polar surface area (TPSA) is 78.4 Å². The van der Waals surface area contributed by atoms with Gasteiger partial charge in [-0.3, -0.25) is 9.59 Å². The molecule has 2 amide bonds. The van der Waals surface area contributed by atoms with E-state index < -0.39 is 11.7 Å². The van der Waals surface area contributed by atoms with Crippen LogP contribution < -0.4 is 10.2 Å². The van der Waals surface area contributed by atoms with Crippen molar-refractivity contribution in [2.75, 3.05) is 37.6 Å². The van der Waals surface area contributed by atoms with Crippen molar-refractivity contribution in [1.29, 1.82) is 0 Å². The van der Waals surface area contributed by atoms with Crippen LogP contribution in [-0.4, -0.2) is 59.6 Å². The SMILES string of the molecule is O=C(NCC(=O)N1CCN(c2ccnnc2)CC1)c1ccc(F)cc1. The van der Waals surface area contributed by atoms with Crippen LogP contribution in [0.3, 0.4) is 0 Å². The van der Waals surface area contributed by atoms with Gasteiger partial charge in [0.1, 0.15) is 5.82 Å². The highest BCUT2D eigenvalue weighted by atomic mass is 19.1. The van der Waals surface area contributed by atoms with E-state index in [1.165, 1.54) is 24.3 Å². The maximum atomic E-state index is 12.9. The van der Waals surface area contributed by atoms with Gasteiger partial charge in [0, 0.05) is 31.7 Å². The summed E-state index contributed by atoms with van der Waals surface area (Å²) >= 11 is 0. The number of nitrogens with one attached hydrogen (secondary N) is 1. The van der Waals surface area contributed by atoms with Crippen molar-refractivity contribution >= 4 is 17.5 Å². The van der Waals surface area contributed by atoms with Crippen molar-refractivity contribution in [2.24, 2.45) is 0 Å². The van der Waals surface area contributed by atoms with E-state index in [-0.39, 0.29) is 12.5 Å². The number of benzene rings is 1. The van der Waals surface area contributed by atoms with Gasteiger partial charge in [-0.2, -0.15) is 10.2 Å². The largest absolute Gasteiger partial charge is 0.367 e. The van der Waals surface area contributed by atoms with E-state index in [1.54, 1.807) is 17.3 Å². The van der Waals surface area contributed by atoms with Crippen molar-refractivity contribution in [3.8, 4) is 0 Å². The minimum atomic E-state index is -0.408. The van der Waals surface area contributed by atoms with Crippen LogP contribution in [0.5, 0.6) is 0 Å². The molecule has 1 aromatic heterocycles. The Kier molecular flexibility index (Phi) is 5.17. The third-order valence-electron chi connectivity index (χ3n) is 4.07. The second-order valence-electron chi connectivity index (χ2n) is 5.66. The summed E-state index contributed by atoms with van der Waals surface area (Å²) < 4.78 is 12.9. The van der Waals surface area contributed by atoms with Crippen molar-refractivity contribution in [2.45, 2.75) is 0 Å². The first-order valence-corrected chi connectivity index (χ1v) is 7.96. The third kappa shape index (κ3) is 4.28. The van der Waals surface area contributed by atoms with E-state index in [9.17, 15) is 14.0 Å². The number of amides is 2. The van der Waals surface area contributed by atoms with Crippen LogP contribution in [-0.2, 0) is 4.79 Å². The maximum Gasteiger partial charge on any atom is 0.251 e. The van der Waals surface area contributed by atoms with Gasteiger partial charge >= 0.3 is 0 Å². The predicted octanol–water partition coefficient (Wildman–Crippen LogP) is 0.694. The maximum absolute atomic E-state index is 12.9. The zero-order valence-electron chi connectivity index (χ0n) is 13.6. The molecule has 0 bridgehead atoms. The summed E-state index contributed by atoms with van der Waals surface area (Å²) in [6, 6.07) is 7.08. The third-order valence-corrected chi connectivity index (χ3v) is 4.07. The lowest BCUT2D eigenvalue weighted by Gasteiger charge is -2.35. The molecule has 2 heterocycles. The van der Waals surface area contributed by atoms with Gasteiger partial charge < -0.3 is 15.1 Å². The van der Waals surface area contributed by atoms with Gasteiger partial charge in [-0.1, -0.05) is 0 Å². The number of anilines is 1. The van der Waals surface area contributed by atoms with Gasteiger partial charge in [-0.05, 0) is 30.3 Å². The number of halogens is 1. The first kappa shape index (κ1) is 16.8. The molecule has 7 nitrogen and oxygen atoms in total. The molecule has 0 spiro atoms. The summed E-state index contributed by atoms with van der Waals surface area (Å²) in [6.45, 7) is 2.47. The fraction of sp³-hybridized carbons (Fsp3) is 0.294. The molecule has 2 aromatic rings. The van der Waals surface area contributed by atoms with E-state index in [0.29, 0.717) is 31.7 Å². The number of hydrogen-bond donors (Lipinski definition) is 1. The highest BCUT2D eigenvalue weighted by Gasteiger charge is 2.21. The molecule has 1 fully saturated rings. The van der Waals surface area contributed by atoms with Crippen LogP contribution in [0.1, 0.15) is 10.4 Å². The number of carbonyl (C=O) groups is 2. The second-order valence-corrected chi connectivity index (χ2v) is 5.66. The van der Waals surface area contributed by atoms with Gasteiger partial charge in [-0.15, -0.1) is 0 Å². The van der Waals surface area contributed by atoms with E-state index in [0.717, 1.165) is 5.69 Å². The standard InChI is InChI=1S/C17H18FN5O2/c18-14-3-1-13(2-4-14)17(25)19-12-16(24)23-9-7-22(8-10-23)15-5-6-20-21-11-15/h1-6,11H,7-10,12H2,(H,19,25). The molecular formula is C17H18FN5O2. The Morgan fingerprint density at radius 2 is 1.76 bits per heavy atom. The average Bonchev–Trinajstić information content (AvgIpc) is 2.67. The van der Waals surface area contributed by atoms with Crippen LogP contribution in [0.2, 0.25) is 0 Å². The fourth-order valence-corrected chi connectivity index (χ4v) is 2.66. The van der Waals surface area contributed by atoms with Crippen molar-refractivity contribution in [3.05, 3.63) is 54.1 Å². The van der Waals surface area contributed by atoms with Crippen molar-refractivity contribution < 1.29 is 14.0 Å². The van der Waals surface area contributed by atoms with Gasteiger partial charge in [-0.25, -0.2) is 4.39 Å². The second kappa shape index (κ2) is 7.69. The Balaban J connectivity index is 1.46. The zero-order valence-corrected chi connectivity index (χ0v) is 13.6. The lowest BCUT2D eigenvalue weighted by molar-refractivity contribution is -0.130. The van der Waals surface area contributed by atoms with E-state index in [1.807, 2.05) is 6.07 Å². The molecule has 3 rings (SSSR count). The van der Waals surface area contributed by atoms with Gasteiger partial charge in [0.25, 0.3) is 5.91 Å². The molecule has 1 aliphatic rings. The van der Waals surface area contributed by atoms with Gasteiger partial charge in [0.05, 0.1) is 24.6 Å². The van der Waals surface area contributed by atoms with Crippen LogP contribution in [0.15, 0.2) is 42.7 Å². The Hall–Kier alpha value is -3.03. The molecule has 0 saturated carbocycles. The summed E-state index contributed by atoms with van der Waals surface area (Å²) in [6.07, 6.45) is 3.33. The number of piperazine rings is 1. The molecule has 1 saturated heterocycles. The zero-order chi connectivity index (χ0) is 17.6. The minimum absolute atomic E-state index is 0.0764. The molecule has 130 valence electrons. The smallest absolute Gasteiger partial charge is 0.251 e. The van der Waals surface area contributed by atoms with Crippen LogP contribution in [0, 0.1) is 5.82 Å². The van der Waals surface area contributed by atoms with Gasteiger partial charge in [0.2, 0.25) is 5.91 Å². The summed E-state index contributed by atoms with van der Waals surface area (Å²) in [5.74, 6) is -0.937. The highest BCUT2D eigenvalue weighted by molar-refractivity contribution is 5.96. The van der Waals surface area contributed by atoms with Crippen LogP contribution in [0.4, 0.5) is 10.1 Å². The summed E-state index contributed by atoms with van der Waals surface area (Å²) in [7, 11) is 0. The monoisotopic (exact) mass is 343 g/mol. The number of carbonyl (C=O) groups excluding carboxylic acids is 2. The van der Waals surface area contributed by atoms with Crippen molar-refractivity contribution in [1.82, 2.24) is 20.4 Å². The molecule has 1 aliphatic heterocycles. The molecule has 0 radical (unpaired) electrons. The predicted molar refractivity (Wildman–Crippen MR) is 89.6 cm³/mol. The first-order valence-electron chi connectivity index (χ1n) is 7.96. The van der Waals surface area contributed by atoms with E-state index >= 15 is 0 Å². The molecular weight excluding hydrogens is 325 g/mol. The summed E-state index contributed by atoms with van der Waals surface area (Å²) in [5.41, 5.74) is 1.30. The average molecular weight is 343 g/mol. The molecule has 0 atom stereocenters. The number of rotatable bonds is 4. The lowest BCUT2D eigenvalue weighted by atomic mass is 10.2. The Morgan fingerprint density at radius 1 is 1.04 bits per heavy atom. The number of aromatic nitrogens is 2. The Labute approximate surface area is 144 Å². The molecule has 8 heteroatoms. The molecule has 25 heavy (non-hydrogen) atoms. The molecule has 0 aliphatic carbocycles. The van der Waals surface area contributed by atoms with E-state index in [4.69, 9.17) is 0 Å². The quantitative estimate of drug-likeness (QED) is 0.884. The normalized spacial score (nSPS) is 14.3. The molecule has 1 N–H and O–H groups in total. The van der Waals surface area contributed by atoms with E-state index in [2.05, 4.69) is 20.4 Å². The summed E-state index contributed by atoms with van der Waals surface area (Å²) in [4.78, 5) is 28.0. The highest BCUT2D eigenvalue weighted by Crippen LogP contribution is 2.13. The summed E-state index contributed by atoms with van der Waals surface area (Å²) in [5, 5.41) is 10.2. The number of hydrogen-bond acceptors (Lipinski definition) is 5. The van der Waals surface area contributed by atoms with Crippen molar-refractivity contribution in [3.63, 3.8) is 0 Å². The van der Waals surface area contributed by atoms with Crippen LogP contribution in [0.25, 0.3) is 0 Å². The van der Waals surface area contributed by atoms with Gasteiger partial charge in [0.15, 0.2) is 0 Å². The molecule has 1 aromatic carbocycles. The minimum Gasteiger partial charge on any atom is -0.367 e. The first-order chi connectivity index (χ1) is 12.1. The fourth-order valence-electron chi connectivity index (χ4n) is 2.66. The number of nitrogens with zero attached hydrogens (tertiary/aromatic N) is 4. The molecule has 0 unspecified atom stereocenters. The lowest BCUT2D eigenvalue weighted by Crippen LogP contribution is -2.51. The Bertz CT molecular complexity index is 730. The van der Waals surface area contributed by atoms with Crippen LogP contribution >= 0.6 is 0 Å². The Morgan fingerprint density at radius 3 is 2.40 bits per heavy atom.